The smallest absolute Gasteiger partial charge is 0.117 e. The highest BCUT2D eigenvalue weighted by molar-refractivity contribution is 8.69. The van der Waals surface area contributed by atoms with E-state index in [-0.39, 0.29) is 8.30 Å². The van der Waals surface area contributed by atoms with E-state index in [0.29, 0.717) is 33.3 Å². The Kier molecular flexibility index (Phi) is 12.7. The van der Waals surface area contributed by atoms with Crippen LogP contribution in [-0.2, 0) is 25.4 Å². The van der Waals surface area contributed by atoms with Crippen molar-refractivity contribution in [3.05, 3.63) is 0 Å². The molecule has 5 rings (SSSR count). The molecule has 10 atom stereocenters. The fourth-order valence-corrected chi connectivity index (χ4v) is 23.3. The summed E-state index contributed by atoms with van der Waals surface area (Å²) in [4.78, 5) is 0. The molecule has 4 nitrogen and oxygen atoms in total. The van der Waals surface area contributed by atoms with Gasteiger partial charge in [0.05, 0.1) is 24.6 Å². The molecule has 2 saturated carbocycles. The summed E-state index contributed by atoms with van der Waals surface area (Å²) < 4.78 is 21.3. The summed E-state index contributed by atoms with van der Waals surface area (Å²) in [7, 11) is 1.85. The van der Waals surface area contributed by atoms with Crippen molar-refractivity contribution >= 4 is 61.0 Å². The first kappa shape index (κ1) is 37.4. The lowest BCUT2D eigenvalue weighted by atomic mass is 9.72. The first-order chi connectivity index (χ1) is 18.5. The minimum Gasteiger partial charge on any atom is -0.348 e. The van der Waals surface area contributed by atoms with Crippen molar-refractivity contribution in [2.75, 3.05) is 27.0 Å². The fraction of sp³-hybridized carbons (Fsp3) is 0.968. The zero-order valence-electron chi connectivity index (χ0n) is 28.4. The lowest BCUT2D eigenvalue weighted by Crippen LogP contribution is -2.55. The van der Waals surface area contributed by atoms with Gasteiger partial charge in [-0.15, -0.1) is 11.4 Å². The van der Waals surface area contributed by atoms with Gasteiger partial charge in [-0.05, 0) is 106 Å². The molecule has 10 unspecified atom stereocenters. The number of fused-ring (bicyclic) bond motifs is 2. The maximum absolute atomic E-state index is 6.25. The van der Waals surface area contributed by atoms with Crippen molar-refractivity contribution in [2.24, 2.45) is 23.7 Å². The van der Waals surface area contributed by atoms with Crippen molar-refractivity contribution < 1.29 is 13.6 Å². The molecule has 10 heteroatoms. The first-order valence-electron chi connectivity index (χ1n) is 15.7. The molecule has 5 aliphatic rings. The Morgan fingerprint density at radius 1 is 0.854 bits per heavy atom. The van der Waals surface area contributed by atoms with Crippen molar-refractivity contribution in [1.82, 2.24) is 4.67 Å². The van der Waals surface area contributed by atoms with E-state index in [2.05, 4.69) is 100 Å². The Labute approximate surface area is 269 Å². The monoisotopic (exact) mass is 685 g/mol. The van der Waals surface area contributed by atoms with Crippen molar-refractivity contribution in [2.45, 2.75) is 141 Å². The zero-order valence-corrected chi connectivity index (χ0v) is 33.6. The van der Waals surface area contributed by atoms with Gasteiger partial charge in [0, 0.05) is 26.9 Å². The van der Waals surface area contributed by atoms with Crippen LogP contribution in [0.4, 0.5) is 0 Å². The number of hydrogen-bond acceptors (Lipinski definition) is 7. The minimum absolute atomic E-state index is 0.321. The third kappa shape index (κ3) is 10.2. The van der Waals surface area contributed by atoms with E-state index in [4.69, 9.17) is 25.4 Å². The molecule has 0 aromatic heterocycles. The van der Waals surface area contributed by atoms with Crippen LogP contribution >= 0.6 is 42.8 Å². The summed E-state index contributed by atoms with van der Waals surface area (Å²) in [5.74, 6) is 3.17. The zero-order chi connectivity index (χ0) is 31.2. The van der Waals surface area contributed by atoms with Gasteiger partial charge in [-0.1, -0.05) is 70.0 Å². The molecule has 41 heavy (non-hydrogen) atoms. The average Bonchev–Trinajstić information content (AvgIpc) is 2.74. The Bertz CT molecular complexity index is 993. The number of hydrogen-bond donors (Lipinski definition) is 0. The van der Waals surface area contributed by atoms with Crippen molar-refractivity contribution in [1.29, 1.82) is 0 Å². The highest BCUT2D eigenvalue weighted by atomic mass is 32.9. The molecule has 242 valence electrons. The van der Waals surface area contributed by atoms with Crippen LogP contribution in [0.1, 0.15) is 107 Å². The predicted octanol–water partition coefficient (Wildman–Crippen LogP) is 11.0. The topological polar surface area (TPSA) is 30.9 Å². The third-order valence-electron chi connectivity index (χ3n) is 9.80. The lowest BCUT2D eigenvalue weighted by Gasteiger charge is -2.55. The van der Waals surface area contributed by atoms with E-state index >= 15 is 0 Å². The van der Waals surface area contributed by atoms with Crippen molar-refractivity contribution in [3.63, 3.8) is 0 Å². The molecule has 0 spiro atoms. The Morgan fingerprint density at radius 3 is 1.93 bits per heavy atom. The second kappa shape index (κ2) is 14.0. The molecule has 3 heterocycles. The van der Waals surface area contributed by atoms with E-state index < -0.39 is 11.8 Å². The van der Waals surface area contributed by atoms with Gasteiger partial charge in [0.25, 0.3) is 0 Å². The number of nitrogens with zero attached hydrogens (tertiary/aromatic N) is 1. The molecular weight excluding hydrogens is 623 g/mol. The van der Waals surface area contributed by atoms with Crippen LogP contribution in [0.3, 0.4) is 0 Å². The molecular formula is C31H62NO3P3S3. The quantitative estimate of drug-likeness (QED) is 0.235. The van der Waals surface area contributed by atoms with Crippen LogP contribution in [0.15, 0.2) is 0 Å². The van der Waals surface area contributed by atoms with Gasteiger partial charge < -0.3 is 13.6 Å². The van der Waals surface area contributed by atoms with Gasteiger partial charge >= 0.3 is 0 Å². The molecule has 2 aliphatic carbocycles. The Hall–Kier alpha value is 1.92. The second-order valence-electron chi connectivity index (χ2n) is 15.4. The summed E-state index contributed by atoms with van der Waals surface area (Å²) in [5, 5.41) is 0. The standard InChI is InChI=1S/C12H24NOP.C12H23OPS.C7H15OPS2/c1-9-6-7-10-11(8-9)14-15(5)13(4)12(10,2)3;1-9-6-7-10-11(8-9)13-14(4,5)15-12(10,2)3;1-6-5-7(2,3)11-9(4,10)8-6/h9-11H,6-8H2,1-5H3;9-11H,4,6-8H2,1-3,5H3;6H,5H2,1-4H3. The third-order valence-corrected chi connectivity index (χ3v) is 21.8. The van der Waals surface area contributed by atoms with Crippen molar-refractivity contribution in [3.8, 4) is 0 Å². The molecule has 5 fully saturated rings. The van der Waals surface area contributed by atoms with E-state index in [9.17, 15) is 0 Å². The molecule has 3 saturated heterocycles. The van der Waals surface area contributed by atoms with Crippen LogP contribution in [0.5, 0.6) is 0 Å². The second-order valence-corrected chi connectivity index (χ2v) is 32.0. The summed E-state index contributed by atoms with van der Waals surface area (Å²) in [6.45, 7) is 27.4. The van der Waals surface area contributed by atoms with Crippen LogP contribution in [0, 0.1) is 23.7 Å². The number of rotatable bonds is 0. The minimum atomic E-state index is -1.51. The summed E-state index contributed by atoms with van der Waals surface area (Å²) in [6, 6.07) is 0. The summed E-state index contributed by atoms with van der Waals surface area (Å²) >= 11 is 9.24. The summed E-state index contributed by atoms with van der Waals surface area (Å²) in [6.07, 6.45) is 13.3. The maximum Gasteiger partial charge on any atom is 0.117 e. The largest absolute Gasteiger partial charge is 0.348 e. The Morgan fingerprint density at radius 2 is 1.39 bits per heavy atom. The molecule has 0 N–H and O–H groups in total. The van der Waals surface area contributed by atoms with E-state index in [1.54, 1.807) is 0 Å². The average molecular weight is 686 g/mol. The molecule has 3 aliphatic heterocycles. The Balaban J connectivity index is 0.000000172. The molecule has 0 aromatic rings. The predicted molar refractivity (Wildman–Crippen MR) is 196 cm³/mol. The highest BCUT2D eigenvalue weighted by Crippen LogP contribution is 2.70. The van der Waals surface area contributed by atoms with Gasteiger partial charge in [-0.2, -0.15) is 0 Å². The van der Waals surface area contributed by atoms with E-state index in [1.165, 1.54) is 38.5 Å². The van der Waals surface area contributed by atoms with Gasteiger partial charge in [0.15, 0.2) is 0 Å². The first-order valence-corrected chi connectivity index (χ1v) is 25.8. The fourth-order valence-electron chi connectivity index (χ4n) is 7.80. The van der Waals surface area contributed by atoms with Gasteiger partial charge in [-0.25, -0.2) is 0 Å². The van der Waals surface area contributed by atoms with Gasteiger partial charge in [0.1, 0.15) is 13.8 Å². The summed E-state index contributed by atoms with van der Waals surface area (Å²) in [5.41, 5.74) is -1.19. The highest BCUT2D eigenvalue weighted by Gasteiger charge is 2.48. The lowest BCUT2D eigenvalue weighted by molar-refractivity contribution is -0.0279. The normalized spacial score (nSPS) is 46.9. The van der Waals surface area contributed by atoms with Gasteiger partial charge in [-0.3, -0.25) is 4.67 Å². The van der Waals surface area contributed by atoms with Gasteiger partial charge in [0.2, 0.25) is 0 Å². The van der Waals surface area contributed by atoms with E-state index in [0.717, 1.165) is 30.1 Å². The molecule has 0 aromatic carbocycles. The maximum atomic E-state index is 6.25. The van der Waals surface area contributed by atoms with Crippen LogP contribution in [0.2, 0.25) is 0 Å². The molecule has 0 radical (unpaired) electrons. The van der Waals surface area contributed by atoms with Crippen LogP contribution < -0.4 is 0 Å². The molecule has 0 amide bonds. The molecule has 0 bridgehead atoms. The van der Waals surface area contributed by atoms with Crippen LogP contribution in [0.25, 0.3) is 0 Å². The van der Waals surface area contributed by atoms with E-state index in [1.807, 2.05) is 22.8 Å². The SMILES string of the molecule is C=P1(C)OC2CC(C)CCC2C(C)(C)S1.CC1CC(C)(C)SP(C)(=S)O1.CC1CCC2C(C1)OP(C)N(C)C2(C)C. The van der Waals surface area contributed by atoms with Crippen LogP contribution in [-0.4, -0.2) is 71.4 Å².